The Kier molecular flexibility index (Phi) is 2.84. The second kappa shape index (κ2) is 3.89. The largest absolute Gasteiger partial charge is 0.495 e. The van der Waals surface area contributed by atoms with Crippen molar-refractivity contribution in [1.29, 1.82) is 0 Å². The van der Waals surface area contributed by atoms with Crippen molar-refractivity contribution >= 4 is 5.97 Å². The number of carboxylic acid groups (broad SMARTS) is 1. The van der Waals surface area contributed by atoms with E-state index in [-0.39, 0.29) is 6.42 Å². The molecule has 1 N–H and O–H groups in total. The molecule has 0 aromatic carbocycles. The summed E-state index contributed by atoms with van der Waals surface area (Å²) in [6.45, 7) is 1.78. The minimum Gasteiger partial charge on any atom is -0.495 e. The smallest absolute Gasteiger partial charge is 0.307 e. The van der Waals surface area contributed by atoms with Gasteiger partial charge in [-0.1, -0.05) is 0 Å². The summed E-state index contributed by atoms with van der Waals surface area (Å²) in [6.07, 6.45) is 1.54. The molecule has 1 rings (SSSR count). The Labute approximate surface area is 76.2 Å². The van der Waals surface area contributed by atoms with Gasteiger partial charge in [0.05, 0.1) is 19.2 Å². The molecule has 13 heavy (non-hydrogen) atoms. The topological polar surface area (TPSA) is 59.4 Å². The van der Waals surface area contributed by atoms with Gasteiger partial charge in [0.25, 0.3) is 0 Å². The number of rotatable bonds is 3. The predicted molar refractivity (Wildman–Crippen MR) is 46.9 cm³/mol. The average molecular weight is 181 g/mol. The summed E-state index contributed by atoms with van der Waals surface area (Å²) in [5, 5.41) is 8.60. The number of pyridine rings is 1. The Morgan fingerprint density at radius 2 is 2.38 bits per heavy atom. The van der Waals surface area contributed by atoms with Crippen molar-refractivity contribution in [1.82, 2.24) is 4.98 Å². The number of carbonyl (C=O) groups is 1. The van der Waals surface area contributed by atoms with E-state index in [9.17, 15) is 4.79 Å². The van der Waals surface area contributed by atoms with E-state index in [1.165, 1.54) is 7.11 Å². The quantitative estimate of drug-likeness (QED) is 0.756. The fourth-order valence-electron chi connectivity index (χ4n) is 1.19. The Morgan fingerprint density at radius 3 is 2.92 bits per heavy atom. The number of hydrogen-bond acceptors (Lipinski definition) is 3. The SMILES string of the molecule is COc1c(CC(=O)O)ccnc1C. The van der Waals surface area contributed by atoms with Crippen LogP contribution in [0, 0.1) is 6.92 Å². The second-order valence-electron chi connectivity index (χ2n) is 2.66. The van der Waals surface area contributed by atoms with Crippen molar-refractivity contribution in [3.63, 3.8) is 0 Å². The third-order valence-electron chi connectivity index (χ3n) is 1.71. The van der Waals surface area contributed by atoms with Crippen LogP contribution in [0.25, 0.3) is 0 Å². The van der Waals surface area contributed by atoms with Gasteiger partial charge in [-0.05, 0) is 13.0 Å². The van der Waals surface area contributed by atoms with Crippen molar-refractivity contribution in [3.05, 3.63) is 23.5 Å². The summed E-state index contributed by atoms with van der Waals surface area (Å²) < 4.78 is 5.05. The van der Waals surface area contributed by atoms with Gasteiger partial charge in [0.1, 0.15) is 5.75 Å². The molecule has 0 bridgehead atoms. The van der Waals surface area contributed by atoms with Crippen molar-refractivity contribution < 1.29 is 14.6 Å². The van der Waals surface area contributed by atoms with E-state index >= 15 is 0 Å². The lowest BCUT2D eigenvalue weighted by Gasteiger charge is -2.07. The molecule has 0 spiro atoms. The maximum absolute atomic E-state index is 10.5. The lowest BCUT2D eigenvalue weighted by atomic mass is 10.1. The van der Waals surface area contributed by atoms with Gasteiger partial charge in [-0.15, -0.1) is 0 Å². The summed E-state index contributed by atoms with van der Waals surface area (Å²) in [6, 6.07) is 1.65. The van der Waals surface area contributed by atoms with Gasteiger partial charge < -0.3 is 9.84 Å². The van der Waals surface area contributed by atoms with E-state index < -0.39 is 5.97 Å². The first kappa shape index (κ1) is 9.51. The molecule has 70 valence electrons. The molecule has 0 aliphatic heterocycles. The third-order valence-corrected chi connectivity index (χ3v) is 1.71. The van der Waals surface area contributed by atoms with E-state index in [2.05, 4.69) is 4.98 Å². The second-order valence-corrected chi connectivity index (χ2v) is 2.66. The van der Waals surface area contributed by atoms with Crippen molar-refractivity contribution in [2.75, 3.05) is 7.11 Å². The summed E-state index contributed by atoms with van der Waals surface area (Å²) in [5.74, 6) is -0.311. The van der Waals surface area contributed by atoms with Gasteiger partial charge in [-0.2, -0.15) is 0 Å². The fraction of sp³-hybridized carbons (Fsp3) is 0.333. The standard InChI is InChI=1S/C9H11NO3/c1-6-9(13-2)7(3-4-10-6)5-8(11)12/h3-4H,5H2,1-2H3,(H,11,12). The van der Waals surface area contributed by atoms with Crippen LogP contribution in [0.2, 0.25) is 0 Å². The Hall–Kier alpha value is -1.58. The molecule has 1 aromatic rings. The molecule has 4 nitrogen and oxygen atoms in total. The van der Waals surface area contributed by atoms with Crippen LogP contribution in [-0.2, 0) is 11.2 Å². The molecule has 0 fully saturated rings. The Morgan fingerprint density at radius 1 is 1.69 bits per heavy atom. The molecule has 1 aromatic heterocycles. The van der Waals surface area contributed by atoms with E-state index in [0.29, 0.717) is 17.0 Å². The molecule has 0 unspecified atom stereocenters. The Bertz CT molecular complexity index is 323. The molecule has 0 saturated carbocycles. The van der Waals surface area contributed by atoms with Crippen LogP contribution < -0.4 is 4.74 Å². The van der Waals surface area contributed by atoms with Crippen LogP contribution in [0.3, 0.4) is 0 Å². The third kappa shape index (κ3) is 2.18. The Balaban J connectivity index is 3.05. The van der Waals surface area contributed by atoms with Gasteiger partial charge in [-0.3, -0.25) is 9.78 Å². The van der Waals surface area contributed by atoms with Crippen LogP contribution in [0.1, 0.15) is 11.3 Å². The maximum atomic E-state index is 10.5. The molecule has 1 heterocycles. The van der Waals surface area contributed by atoms with Crippen LogP contribution in [0.5, 0.6) is 5.75 Å². The number of carboxylic acids is 1. The van der Waals surface area contributed by atoms with Crippen molar-refractivity contribution in [3.8, 4) is 5.75 Å². The molecule has 0 aliphatic rings. The highest BCUT2D eigenvalue weighted by Crippen LogP contribution is 2.20. The first-order valence-corrected chi connectivity index (χ1v) is 3.85. The van der Waals surface area contributed by atoms with Crippen LogP contribution >= 0.6 is 0 Å². The van der Waals surface area contributed by atoms with Gasteiger partial charge in [0.2, 0.25) is 0 Å². The van der Waals surface area contributed by atoms with Gasteiger partial charge in [0, 0.05) is 11.8 Å². The molecule has 0 radical (unpaired) electrons. The highest BCUT2D eigenvalue weighted by atomic mass is 16.5. The lowest BCUT2D eigenvalue weighted by Crippen LogP contribution is -2.04. The summed E-state index contributed by atoms with van der Waals surface area (Å²) in [5.41, 5.74) is 1.36. The van der Waals surface area contributed by atoms with E-state index in [1.807, 2.05) is 0 Å². The van der Waals surface area contributed by atoms with Crippen molar-refractivity contribution in [2.24, 2.45) is 0 Å². The summed E-state index contributed by atoms with van der Waals surface area (Å²) in [7, 11) is 1.51. The number of hydrogen-bond donors (Lipinski definition) is 1. The number of methoxy groups -OCH3 is 1. The number of aliphatic carboxylic acids is 1. The zero-order valence-corrected chi connectivity index (χ0v) is 7.57. The van der Waals surface area contributed by atoms with E-state index in [0.717, 1.165) is 0 Å². The normalized spacial score (nSPS) is 9.69. The molecule has 0 amide bonds. The zero-order chi connectivity index (χ0) is 9.84. The molecular formula is C9H11NO3. The molecule has 4 heteroatoms. The van der Waals surface area contributed by atoms with Crippen molar-refractivity contribution in [2.45, 2.75) is 13.3 Å². The minimum atomic E-state index is -0.871. The maximum Gasteiger partial charge on any atom is 0.307 e. The van der Waals surface area contributed by atoms with Crippen LogP contribution in [0.15, 0.2) is 12.3 Å². The van der Waals surface area contributed by atoms with Gasteiger partial charge in [-0.25, -0.2) is 0 Å². The number of aryl methyl sites for hydroxylation is 1. The zero-order valence-electron chi connectivity index (χ0n) is 7.57. The van der Waals surface area contributed by atoms with E-state index in [4.69, 9.17) is 9.84 Å². The summed E-state index contributed by atoms with van der Waals surface area (Å²) >= 11 is 0. The molecule has 0 saturated heterocycles. The van der Waals surface area contributed by atoms with Crippen LogP contribution in [-0.4, -0.2) is 23.2 Å². The molecule has 0 atom stereocenters. The highest BCUT2D eigenvalue weighted by molar-refractivity contribution is 5.71. The molecule has 0 aliphatic carbocycles. The first-order chi connectivity index (χ1) is 6.15. The average Bonchev–Trinajstić information content (AvgIpc) is 2.03. The minimum absolute atomic E-state index is 0.0352. The highest BCUT2D eigenvalue weighted by Gasteiger charge is 2.09. The fourth-order valence-corrected chi connectivity index (χ4v) is 1.19. The van der Waals surface area contributed by atoms with Gasteiger partial charge >= 0.3 is 5.97 Å². The molecular weight excluding hydrogens is 170 g/mol. The van der Waals surface area contributed by atoms with Crippen LogP contribution in [0.4, 0.5) is 0 Å². The summed E-state index contributed by atoms with van der Waals surface area (Å²) in [4.78, 5) is 14.5. The number of ether oxygens (including phenoxy) is 1. The van der Waals surface area contributed by atoms with E-state index in [1.54, 1.807) is 19.2 Å². The predicted octanol–water partition coefficient (Wildman–Crippen LogP) is 1.03. The number of nitrogens with zero attached hydrogens (tertiary/aromatic N) is 1. The van der Waals surface area contributed by atoms with Gasteiger partial charge in [0.15, 0.2) is 0 Å². The number of aromatic nitrogens is 1. The monoisotopic (exact) mass is 181 g/mol. The first-order valence-electron chi connectivity index (χ1n) is 3.85. The lowest BCUT2D eigenvalue weighted by molar-refractivity contribution is -0.136.